The number of rotatable bonds is 2. The Hall–Kier alpha value is -0.910. The van der Waals surface area contributed by atoms with E-state index < -0.39 is 0 Å². The van der Waals surface area contributed by atoms with E-state index >= 15 is 0 Å². The molecule has 0 aliphatic carbocycles. The second-order valence-electron chi connectivity index (χ2n) is 5.63. The van der Waals surface area contributed by atoms with Crippen molar-refractivity contribution in [1.82, 2.24) is 0 Å². The van der Waals surface area contributed by atoms with E-state index in [1.54, 1.807) is 12.1 Å². The lowest BCUT2D eigenvalue weighted by molar-refractivity contribution is -0.0920. The smallest absolute Gasteiger partial charge is 0.167 e. The number of ketones is 1. The van der Waals surface area contributed by atoms with E-state index in [-0.39, 0.29) is 17.3 Å². The first kappa shape index (κ1) is 14.0. The first-order valence-electron chi connectivity index (χ1n) is 6.91. The lowest BCUT2D eigenvalue weighted by Crippen LogP contribution is -2.42. The molecule has 108 valence electrons. The van der Waals surface area contributed by atoms with Crippen molar-refractivity contribution < 1.29 is 14.3 Å². The molecule has 2 saturated heterocycles. The van der Waals surface area contributed by atoms with Gasteiger partial charge >= 0.3 is 0 Å². The molecule has 20 heavy (non-hydrogen) atoms. The zero-order chi connectivity index (χ0) is 14.2. The number of nitrogen functional groups attached to an aromatic ring is 1. The highest BCUT2D eigenvalue weighted by atomic mass is 79.9. The molecule has 2 atom stereocenters. The Kier molecular flexibility index (Phi) is 3.84. The second-order valence-corrected chi connectivity index (χ2v) is 6.48. The SMILES string of the molecule is Nc1ccc(Br)c(C(=O)C2CCOC3(CCOC3)C2)c1. The summed E-state index contributed by atoms with van der Waals surface area (Å²) in [6.07, 6.45) is 2.39. The fraction of sp³-hybridized carbons (Fsp3) is 0.533. The van der Waals surface area contributed by atoms with Crippen LogP contribution in [0, 0.1) is 5.92 Å². The van der Waals surface area contributed by atoms with Crippen LogP contribution in [-0.2, 0) is 9.47 Å². The van der Waals surface area contributed by atoms with Gasteiger partial charge in [-0.2, -0.15) is 0 Å². The summed E-state index contributed by atoms with van der Waals surface area (Å²) in [7, 11) is 0. The summed E-state index contributed by atoms with van der Waals surface area (Å²) in [5, 5.41) is 0. The zero-order valence-corrected chi connectivity index (χ0v) is 12.8. The summed E-state index contributed by atoms with van der Waals surface area (Å²) in [5.41, 5.74) is 6.83. The number of hydrogen-bond donors (Lipinski definition) is 1. The van der Waals surface area contributed by atoms with E-state index in [1.165, 1.54) is 0 Å². The molecule has 5 heteroatoms. The van der Waals surface area contributed by atoms with Crippen molar-refractivity contribution in [1.29, 1.82) is 0 Å². The normalized spacial score (nSPS) is 29.8. The molecule has 0 radical (unpaired) electrons. The maximum atomic E-state index is 12.7. The van der Waals surface area contributed by atoms with E-state index in [0.29, 0.717) is 24.5 Å². The maximum absolute atomic E-state index is 12.7. The number of nitrogens with two attached hydrogens (primary N) is 1. The van der Waals surface area contributed by atoms with Crippen molar-refractivity contribution in [2.75, 3.05) is 25.6 Å². The molecule has 0 amide bonds. The average molecular weight is 340 g/mol. The standard InChI is InChI=1S/C15H18BrNO3/c16-13-2-1-11(17)7-12(13)14(18)10-3-5-20-15(8-10)4-6-19-9-15/h1-2,7,10H,3-6,8-9,17H2. The van der Waals surface area contributed by atoms with Gasteiger partial charge in [0.05, 0.1) is 12.2 Å². The van der Waals surface area contributed by atoms with Gasteiger partial charge in [0, 0.05) is 41.3 Å². The number of halogens is 1. The highest BCUT2D eigenvalue weighted by molar-refractivity contribution is 9.10. The number of ether oxygens (including phenoxy) is 2. The van der Waals surface area contributed by atoms with Crippen LogP contribution in [-0.4, -0.2) is 31.2 Å². The highest BCUT2D eigenvalue weighted by Gasteiger charge is 2.43. The largest absolute Gasteiger partial charge is 0.399 e. The third kappa shape index (κ3) is 2.62. The van der Waals surface area contributed by atoms with Gasteiger partial charge in [0.1, 0.15) is 0 Å². The van der Waals surface area contributed by atoms with E-state index in [2.05, 4.69) is 15.9 Å². The average Bonchev–Trinajstić information content (AvgIpc) is 2.88. The first-order valence-corrected chi connectivity index (χ1v) is 7.70. The van der Waals surface area contributed by atoms with Gasteiger partial charge in [-0.25, -0.2) is 0 Å². The highest BCUT2D eigenvalue weighted by Crippen LogP contribution is 2.38. The van der Waals surface area contributed by atoms with Crippen molar-refractivity contribution in [2.24, 2.45) is 5.92 Å². The van der Waals surface area contributed by atoms with Gasteiger partial charge < -0.3 is 15.2 Å². The van der Waals surface area contributed by atoms with Crippen LogP contribution < -0.4 is 5.73 Å². The van der Waals surface area contributed by atoms with Gasteiger partial charge in [-0.05, 0) is 31.0 Å². The summed E-state index contributed by atoms with van der Waals surface area (Å²) in [5.74, 6) is 0.141. The summed E-state index contributed by atoms with van der Waals surface area (Å²) in [4.78, 5) is 12.7. The fourth-order valence-electron chi connectivity index (χ4n) is 3.07. The van der Waals surface area contributed by atoms with Crippen LogP contribution in [0.15, 0.2) is 22.7 Å². The monoisotopic (exact) mass is 339 g/mol. The molecule has 2 unspecified atom stereocenters. The van der Waals surface area contributed by atoms with Crippen LogP contribution in [0.2, 0.25) is 0 Å². The molecular formula is C15H18BrNO3. The quantitative estimate of drug-likeness (QED) is 0.664. The fourth-order valence-corrected chi connectivity index (χ4v) is 3.51. The van der Waals surface area contributed by atoms with Gasteiger partial charge in [-0.15, -0.1) is 0 Å². The third-order valence-electron chi connectivity index (χ3n) is 4.19. The molecule has 2 aliphatic heterocycles. The van der Waals surface area contributed by atoms with Crippen LogP contribution in [0.4, 0.5) is 5.69 Å². The molecule has 1 aromatic carbocycles. The Labute approximate surface area is 126 Å². The number of hydrogen-bond acceptors (Lipinski definition) is 4. The molecule has 0 bridgehead atoms. The summed E-state index contributed by atoms with van der Waals surface area (Å²) < 4.78 is 12.1. The molecule has 2 heterocycles. The number of carbonyl (C=O) groups is 1. The minimum absolute atomic E-state index is 0.0106. The molecule has 2 N–H and O–H groups in total. The second kappa shape index (κ2) is 5.47. The van der Waals surface area contributed by atoms with Crippen molar-refractivity contribution >= 4 is 27.4 Å². The number of carbonyl (C=O) groups excluding carboxylic acids is 1. The van der Waals surface area contributed by atoms with Crippen molar-refractivity contribution in [3.05, 3.63) is 28.2 Å². The number of Topliss-reactive ketones (excluding diaryl/α,β-unsaturated/α-hetero) is 1. The van der Waals surface area contributed by atoms with Crippen molar-refractivity contribution in [3.63, 3.8) is 0 Å². The Morgan fingerprint density at radius 2 is 2.25 bits per heavy atom. The topological polar surface area (TPSA) is 61.6 Å². The van der Waals surface area contributed by atoms with Gasteiger partial charge in [-0.1, -0.05) is 15.9 Å². The molecule has 1 aromatic rings. The van der Waals surface area contributed by atoms with Crippen LogP contribution in [0.5, 0.6) is 0 Å². The van der Waals surface area contributed by atoms with Crippen LogP contribution in [0.25, 0.3) is 0 Å². The van der Waals surface area contributed by atoms with Gasteiger partial charge in [0.2, 0.25) is 0 Å². The summed E-state index contributed by atoms with van der Waals surface area (Å²) >= 11 is 3.44. The molecule has 1 spiro atoms. The van der Waals surface area contributed by atoms with E-state index in [0.717, 1.165) is 30.3 Å². The third-order valence-corrected chi connectivity index (χ3v) is 4.88. The molecule has 3 rings (SSSR count). The lowest BCUT2D eigenvalue weighted by Gasteiger charge is -2.36. The van der Waals surface area contributed by atoms with Crippen LogP contribution in [0.3, 0.4) is 0 Å². The van der Waals surface area contributed by atoms with Gasteiger partial charge in [0.25, 0.3) is 0 Å². The summed E-state index contributed by atoms with van der Waals surface area (Å²) in [6.45, 7) is 1.96. The molecule has 0 saturated carbocycles. The van der Waals surface area contributed by atoms with Gasteiger partial charge in [-0.3, -0.25) is 4.79 Å². The molecular weight excluding hydrogens is 322 g/mol. The summed E-state index contributed by atoms with van der Waals surface area (Å²) in [6, 6.07) is 5.37. The minimum atomic E-state index is -0.245. The molecule has 4 nitrogen and oxygen atoms in total. The number of anilines is 1. The molecule has 2 aliphatic rings. The van der Waals surface area contributed by atoms with Crippen molar-refractivity contribution in [2.45, 2.75) is 24.9 Å². The predicted octanol–water partition coefficient (Wildman–Crippen LogP) is 2.80. The van der Waals surface area contributed by atoms with Gasteiger partial charge in [0.15, 0.2) is 5.78 Å². The predicted molar refractivity (Wildman–Crippen MR) is 79.7 cm³/mol. The van der Waals surface area contributed by atoms with E-state index in [9.17, 15) is 4.79 Å². The van der Waals surface area contributed by atoms with Crippen LogP contribution in [0.1, 0.15) is 29.6 Å². The Balaban J connectivity index is 1.81. The van der Waals surface area contributed by atoms with Crippen LogP contribution >= 0.6 is 15.9 Å². The van der Waals surface area contributed by atoms with E-state index in [4.69, 9.17) is 15.2 Å². The van der Waals surface area contributed by atoms with Crippen molar-refractivity contribution in [3.8, 4) is 0 Å². The lowest BCUT2D eigenvalue weighted by atomic mass is 9.81. The molecule has 2 fully saturated rings. The first-order chi connectivity index (χ1) is 9.60. The molecule has 0 aromatic heterocycles. The Bertz CT molecular complexity index is 526. The maximum Gasteiger partial charge on any atom is 0.167 e. The zero-order valence-electron chi connectivity index (χ0n) is 11.2. The Morgan fingerprint density at radius 3 is 3.00 bits per heavy atom. The number of benzene rings is 1. The van der Waals surface area contributed by atoms with E-state index in [1.807, 2.05) is 6.07 Å². The minimum Gasteiger partial charge on any atom is -0.399 e. The Morgan fingerprint density at radius 1 is 1.40 bits per heavy atom.